The minimum absolute atomic E-state index is 0.307. The Morgan fingerprint density at radius 3 is 2.57 bits per heavy atom. The van der Waals surface area contributed by atoms with E-state index in [4.69, 9.17) is 11.6 Å². The van der Waals surface area contributed by atoms with Crippen molar-refractivity contribution in [2.75, 3.05) is 27.2 Å². The third-order valence-corrected chi connectivity index (χ3v) is 7.24. The third kappa shape index (κ3) is 7.00. The molecule has 1 N–H and O–H groups in total. The Morgan fingerprint density at radius 1 is 1.03 bits per heavy atom. The summed E-state index contributed by atoms with van der Waals surface area (Å²) < 4.78 is 13.8. The lowest BCUT2D eigenvalue weighted by Gasteiger charge is -2.18. The smallest absolute Gasteiger partial charge is 0.124 e. The van der Waals surface area contributed by atoms with Gasteiger partial charge in [-0.15, -0.1) is 0 Å². The Kier molecular flexibility index (Phi) is 9.38. The van der Waals surface area contributed by atoms with Gasteiger partial charge in [0.25, 0.3) is 0 Å². The molecule has 0 unspecified atom stereocenters. The van der Waals surface area contributed by atoms with Gasteiger partial charge in [-0.1, -0.05) is 78.9 Å². The summed E-state index contributed by atoms with van der Waals surface area (Å²) in [6, 6.07) is 22.3. The maximum absolute atomic E-state index is 13.8. The van der Waals surface area contributed by atoms with Gasteiger partial charge in [0.2, 0.25) is 0 Å². The van der Waals surface area contributed by atoms with Crippen LogP contribution in [0.5, 0.6) is 0 Å². The summed E-state index contributed by atoms with van der Waals surface area (Å²) >= 11 is 6.56. The fourth-order valence-corrected chi connectivity index (χ4v) is 5.12. The molecule has 0 radical (unpaired) electrons. The molecule has 0 saturated carbocycles. The number of nitrogens with one attached hydrogen (secondary N) is 1. The van der Waals surface area contributed by atoms with E-state index in [0.29, 0.717) is 5.02 Å². The molecule has 1 aliphatic rings. The Hall–Kier alpha value is -3.14. The standard InChI is InChI=1S/C33H36ClFN2/c1-24(37(2)3)9-7-21-36-22-8-10-25-15-17-27(18-16-25)33-29-13-5-4-11-26(29)12-6-14-31(33)30-20-19-28(35)23-32(30)34/h4-5,7,9,11,13,15-20,23,36H,1,6,8,10,12,14,21-22H2,2-3H3/b9-7+. The van der Waals surface area contributed by atoms with E-state index in [2.05, 4.69) is 66.5 Å². The predicted molar refractivity (Wildman–Crippen MR) is 156 cm³/mol. The van der Waals surface area contributed by atoms with E-state index < -0.39 is 0 Å². The first-order valence-electron chi connectivity index (χ1n) is 13.0. The number of likely N-dealkylation sites (N-methyl/N-ethyl adjacent to an activating group) is 1. The van der Waals surface area contributed by atoms with Gasteiger partial charge >= 0.3 is 0 Å². The van der Waals surface area contributed by atoms with Crippen LogP contribution < -0.4 is 5.32 Å². The lowest BCUT2D eigenvalue weighted by Crippen LogP contribution is -2.16. The normalized spacial score (nSPS) is 13.5. The van der Waals surface area contributed by atoms with E-state index in [1.807, 2.05) is 31.1 Å². The van der Waals surface area contributed by atoms with Crippen molar-refractivity contribution in [3.8, 4) is 0 Å². The van der Waals surface area contributed by atoms with Crippen LogP contribution >= 0.6 is 11.6 Å². The fourth-order valence-electron chi connectivity index (χ4n) is 4.84. The molecule has 4 rings (SSSR count). The van der Waals surface area contributed by atoms with Crippen LogP contribution in [0, 0.1) is 5.82 Å². The topological polar surface area (TPSA) is 15.3 Å². The number of benzene rings is 3. The van der Waals surface area contributed by atoms with E-state index in [9.17, 15) is 4.39 Å². The first-order valence-corrected chi connectivity index (χ1v) is 13.4. The number of fused-ring (bicyclic) bond motifs is 1. The van der Waals surface area contributed by atoms with Crippen molar-refractivity contribution in [1.82, 2.24) is 10.2 Å². The van der Waals surface area contributed by atoms with Gasteiger partial charge in [0.1, 0.15) is 5.82 Å². The highest BCUT2D eigenvalue weighted by atomic mass is 35.5. The Bertz CT molecular complexity index is 1290. The van der Waals surface area contributed by atoms with Crippen LogP contribution in [0.25, 0.3) is 11.1 Å². The van der Waals surface area contributed by atoms with E-state index in [-0.39, 0.29) is 5.82 Å². The van der Waals surface area contributed by atoms with E-state index in [1.165, 1.54) is 45.5 Å². The minimum Gasteiger partial charge on any atom is -0.378 e. The highest BCUT2D eigenvalue weighted by Gasteiger charge is 2.21. The van der Waals surface area contributed by atoms with Crippen molar-refractivity contribution in [2.24, 2.45) is 0 Å². The van der Waals surface area contributed by atoms with E-state index >= 15 is 0 Å². The lowest BCUT2D eigenvalue weighted by molar-refractivity contribution is 0.532. The van der Waals surface area contributed by atoms with Gasteiger partial charge in [-0.25, -0.2) is 4.39 Å². The zero-order valence-electron chi connectivity index (χ0n) is 21.9. The van der Waals surface area contributed by atoms with Crippen molar-refractivity contribution >= 4 is 22.7 Å². The fraction of sp³-hybridized carbons (Fsp3) is 0.273. The van der Waals surface area contributed by atoms with Gasteiger partial charge in [0.15, 0.2) is 0 Å². The van der Waals surface area contributed by atoms with Crippen LogP contribution in [-0.4, -0.2) is 32.1 Å². The van der Waals surface area contributed by atoms with Gasteiger partial charge < -0.3 is 10.2 Å². The number of hydrogen-bond donors (Lipinski definition) is 1. The van der Waals surface area contributed by atoms with Crippen molar-refractivity contribution in [3.63, 3.8) is 0 Å². The Labute approximate surface area is 226 Å². The molecule has 0 amide bonds. The van der Waals surface area contributed by atoms with E-state index in [1.54, 1.807) is 0 Å². The summed E-state index contributed by atoms with van der Waals surface area (Å²) in [6.07, 6.45) is 9.20. The van der Waals surface area contributed by atoms with Gasteiger partial charge in [-0.3, -0.25) is 0 Å². The average Bonchev–Trinajstić information content (AvgIpc) is 3.08. The zero-order valence-corrected chi connectivity index (χ0v) is 22.6. The van der Waals surface area contributed by atoms with Gasteiger partial charge in [-0.2, -0.15) is 0 Å². The molecule has 3 aromatic rings. The molecule has 2 nitrogen and oxygen atoms in total. The first kappa shape index (κ1) is 26.9. The second kappa shape index (κ2) is 12.9. The highest BCUT2D eigenvalue weighted by Crippen LogP contribution is 2.41. The molecule has 192 valence electrons. The number of hydrogen-bond acceptors (Lipinski definition) is 2. The molecule has 0 aromatic heterocycles. The van der Waals surface area contributed by atoms with Gasteiger partial charge in [0, 0.05) is 26.3 Å². The second-order valence-corrected chi connectivity index (χ2v) is 10.2. The Morgan fingerprint density at radius 2 is 1.81 bits per heavy atom. The summed E-state index contributed by atoms with van der Waals surface area (Å²) in [5, 5.41) is 3.94. The number of halogens is 2. The molecular weight excluding hydrogens is 479 g/mol. The molecule has 0 saturated heterocycles. The van der Waals surface area contributed by atoms with Crippen LogP contribution in [0.1, 0.15) is 47.1 Å². The number of nitrogens with zero attached hydrogens (tertiary/aromatic N) is 1. The molecule has 0 fully saturated rings. The molecule has 0 heterocycles. The summed E-state index contributed by atoms with van der Waals surface area (Å²) in [4.78, 5) is 2.00. The van der Waals surface area contributed by atoms with Crippen LogP contribution in [-0.2, 0) is 12.8 Å². The van der Waals surface area contributed by atoms with Crippen molar-refractivity contribution in [3.05, 3.63) is 130 Å². The highest BCUT2D eigenvalue weighted by molar-refractivity contribution is 6.32. The monoisotopic (exact) mass is 514 g/mol. The quantitative estimate of drug-likeness (QED) is 0.218. The SMILES string of the molecule is C=C(/C=C/CNCCCc1ccc(C2=C(c3ccc(F)cc3Cl)CCCc3ccccc32)cc1)N(C)C. The van der Waals surface area contributed by atoms with Crippen LogP contribution in [0.3, 0.4) is 0 Å². The second-order valence-electron chi connectivity index (χ2n) is 9.78. The Balaban J connectivity index is 1.51. The molecule has 1 aliphatic carbocycles. The van der Waals surface area contributed by atoms with Gasteiger partial charge in [-0.05, 0) is 95.8 Å². The summed E-state index contributed by atoms with van der Waals surface area (Å²) in [6.45, 7) is 5.81. The number of rotatable bonds is 10. The van der Waals surface area contributed by atoms with E-state index in [0.717, 1.165) is 56.5 Å². The van der Waals surface area contributed by atoms with Crippen LogP contribution in [0.2, 0.25) is 5.02 Å². The lowest BCUT2D eigenvalue weighted by atomic mass is 9.87. The van der Waals surface area contributed by atoms with Crippen LogP contribution in [0.15, 0.2) is 91.2 Å². The largest absolute Gasteiger partial charge is 0.378 e. The molecule has 0 aliphatic heterocycles. The molecular formula is C33H36ClFN2. The molecule has 4 heteroatoms. The summed E-state index contributed by atoms with van der Waals surface area (Å²) in [7, 11) is 3.99. The molecule has 37 heavy (non-hydrogen) atoms. The minimum atomic E-state index is -0.307. The number of allylic oxidation sites excluding steroid dienone is 2. The molecule has 0 spiro atoms. The third-order valence-electron chi connectivity index (χ3n) is 6.93. The molecule has 3 aromatic carbocycles. The first-order chi connectivity index (χ1) is 17.9. The molecule has 0 atom stereocenters. The van der Waals surface area contributed by atoms with Crippen molar-refractivity contribution in [2.45, 2.75) is 32.1 Å². The maximum atomic E-state index is 13.8. The molecule has 0 bridgehead atoms. The van der Waals surface area contributed by atoms with Gasteiger partial charge in [0.05, 0.1) is 5.02 Å². The van der Waals surface area contributed by atoms with Crippen molar-refractivity contribution < 1.29 is 4.39 Å². The number of aryl methyl sites for hydroxylation is 2. The maximum Gasteiger partial charge on any atom is 0.124 e. The predicted octanol–water partition coefficient (Wildman–Crippen LogP) is 7.93. The average molecular weight is 515 g/mol. The zero-order chi connectivity index (χ0) is 26.2. The van der Waals surface area contributed by atoms with Crippen LogP contribution in [0.4, 0.5) is 4.39 Å². The summed E-state index contributed by atoms with van der Waals surface area (Å²) in [5.41, 5.74) is 9.43. The summed E-state index contributed by atoms with van der Waals surface area (Å²) in [5.74, 6) is -0.307. The van der Waals surface area contributed by atoms with Crippen molar-refractivity contribution in [1.29, 1.82) is 0 Å².